The Morgan fingerprint density at radius 2 is 1.74 bits per heavy atom. The molecule has 1 aliphatic heterocycles. The Hall–Kier alpha value is -3.52. The van der Waals surface area contributed by atoms with E-state index < -0.39 is 24.7 Å². The zero-order valence-corrected chi connectivity index (χ0v) is 22.3. The summed E-state index contributed by atoms with van der Waals surface area (Å²) in [7, 11) is 1.71. The molecule has 3 atom stereocenters. The highest BCUT2D eigenvalue weighted by Gasteiger charge is 2.44. The fourth-order valence-corrected chi connectivity index (χ4v) is 6.66. The minimum Gasteiger partial charge on any atom is -0.477 e. The first-order chi connectivity index (χ1) is 18.8. The fraction of sp³-hybridized carbons (Fsp3) is 0.452. The highest BCUT2D eigenvalue weighted by atomic mass is 19.1. The van der Waals surface area contributed by atoms with Crippen molar-refractivity contribution in [3.05, 3.63) is 71.4 Å². The number of hydrogen-bond donors (Lipinski definition) is 2. The van der Waals surface area contributed by atoms with Crippen LogP contribution in [0.1, 0.15) is 59.6 Å². The number of carboxylic acid groups (broad SMARTS) is 1. The lowest BCUT2D eigenvalue weighted by Gasteiger charge is -2.35. The number of ketones is 1. The van der Waals surface area contributed by atoms with E-state index >= 15 is 0 Å². The second-order valence-electron chi connectivity index (χ2n) is 11.1. The quantitative estimate of drug-likeness (QED) is 0.444. The van der Waals surface area contributed by atoms with Crippen LogP contribution in [-0.2, 0) is 23.1 Å². The lowest BCUT2D eigenvalue weighted by Crippen LogP contribution is -2.47. The van der Waals surface area contributed by atoms with Gasteiger partial charge in [-0.25, -0.2) is 9.18 Å². The Morgan fingerprint density at radius 3 is 2.41 bits per heavy atom. The molecular weight excluding hydrogens is 497 g/mol. The van der Waals surface area contributed by atoms with Gasteiger partial charge in [-0.2, -0.15) is 0 Å². The van der Waals surface area contributed by atoms with Gasteiger partial charge in [-0.05, 0) is 67.3 Å². The summed E-state index contributed by atoms with van der Waals surface area (Å²) in [5.74, 6) is -1.16. The topological polar surface area (TPSA) is 106 Å². The van der Waals surface area contributed by atoms with Crippen LogP contribution in [0.5, 0.6) is 0 Å². The van der Waals surface area contributed by atoms with E-state index in [0.29, 0.717) is 25.8 Å². The third kappa shape index (κ3) is 5.35. The Balaban J connectivity index is 1.38. The first kappa shape index (κ1) is 27.1. The Kier molecular flexibility index (Phi) is 7.84. The lowest BCUT2D eigenvalue weighted by atomic mass is 9.78. The Bertz CT molecular complexity index is 1360. The zero-order valence-electron chi connectivity index (χ0n) is 22.3. The van der Waals surface area contributed by atoms with Crippen LogP contribution in [0, 0.1) is 11.8 Å². The minimum absolute atomic E-state index is 0.0171. The number of hydrogen-bond acceptors (Lipinski definition) is 4. The number of amides is 1. The number of nitrogens with zero attached hydrogens (tertiary/aromatic N) is 2. The number of Topliss-reactive ketones (excluding diaryl/α,β-unsaturated/α-hetero) is 1. The molecule has 0 radical (unpaired) electrons. The molecule has 1 saturated carbocycles. The molecule has 1 aliphatic carbocycles. The highest BCUT2D eigenvalue weighted by molar-refractivity contribution is 5.96. The van der Waals surface area contributed by atoms with E-state index in [2.05, 4.69) is 0 Å². The van der Waals surface area contributed by atoms with Crippen molar-refractivity contribution in [1.29, 1.82) is 0 Å². The van der Waals surface area contributed by atoms with Crippen molar-refractivity contribution in [3.63, 3.8) is 0 Å². The molecule has 2 aliphatic rings. The monoisotopic (exact) mass is 533 g/mol. The molecular formula is C31H36FN3O4. The standard InChI is InChI=1S/C31H36FN3O4/c1-34-26-12-7-19(15-23(26)17-27(34)31(38)39)16-28(36)29-24(20-5-3-2-4-6-20)13-14-35(29)30(37)22-10-8-21(9-11-22)25(33)18-32/h2-7,12,15,17,21-22,24-25,29H,8-11,13-14,16,18,33H2,1H3,(H,38,39)/t21?,22?,24-,25?,29+/m1/s1. The van der Waals surface area contributed by atoms with Crippen LogP contribution in [0.3, 0.4) is 0 Å². The molecule has 3 N–H and O–H groups in total. The molecule has 206 valence electrons. The van der Waals surface area contributed by atoms with Crippen molar-refractivity contribution < 1.29 is 23.9 Å². The molecule has 7 nitrogen and oxygen atoms in total. The van der Waals surface area contributed by atoms with Crippen molar-refractivity contribution in [2.45, 2.75) is 56.5 Å². The first-order valence-electron chi connectivity index (χ1n) is 13.8. The molecule has 1 unspecified atom stereocenters. The van der Waals surface area contributed by atoms with Crippen molar-refractivity contribution in [3.8, 4) is 0 Å². The maximum Gasteiger partial charge on any atom is 0.352 e. The van der Waals surface area contributed by atoms with Gasteiger partial charge in [0.2, 0.25) is 5.91 Å². The van der Waals surface area contributed by atoms with Crippen molar-refractivity contribution in [1.82, 2.24) is 9.47 Å². The van der Waals surface area contributed by atoms with Gasteiger partial charge in [0, 0.05) is 48.8 Å². The van der Waals surface area contributed by atoms with Gasteiger partial charge < -0.3 is 20.3 Å². The average molecular weight is 534 g/mol. The van der Waals surface area contributed by atoms with E-state index in [0.717, 1.165) is 34.9 Å². The highest BCUT2D eigenvalue weighted by Crippen LogP contribution is 2.38. The van der Waals surface area contributed by atoms with E-state index in [1.807, 2.05) is 48.5 Å². The smallest absolute Gasteiger partial charge is 0.352 e. The number of benzene rings is 2. The predicted octanol–water partition coefficient (Wildman–Crippen LogP) is 4.48. The molecule has 1 amide bonds. The molecule has 0 bridgehead atoms. The molecule has 8 heteroatoms. The van der Waals surface area contributed by atoms with Crippen LogP contribution < -0.4 is 5.73 Å². The number of aryl methyl sites for hydroxylation is 1. The second-order valence-corrected chi connectivity index (χ2v) is 11.1. The van der Waals surface area contributed by atoms with E-state index in [1.165, 1.54) is 0 Å². The molecule has 1 aromatic heterocycles. The summed E-state index contributed by atoms with van der Waals surface area (Å²) in [5, 5.41) is 10.2. The number of nitrogens with two attached hydrogens (primary N) is 1. The molecule has 1 saturated heterocycles. The van der Waals surface area contributed by atoms with Gasteiger partial charge >= 0.3 is 5.97 Å². The van der Waals surface area contributed by atoms with Crippen molar-refractivity contribution >= 4 is 28.6 Å². The van der Waals surface area contributed by atoms with Gasteiger partial charge in [0.1, 0.15) is 12.4 Å². The summed E-state index contributed by atoms with van der Waals surface area (Å²) >= 11 is 0. The summed E-state index contributed by atoms with van der Waals surface area (Å²) in [4.78, 5) is 41.1. The number of carboxylic acids is 1. The first-order valence-corrected chi connectivity index (χ1v) is 13.8. The minimum atomic E-state index is -1.00. The van der Waals surface area contributed by atoms with Gasteiger partial charge in [0.25, 0.3) is 0 Å². The number of fused-ring (bicyclic) bond motifs is 1. The number of carbonyl (C=O) groups excluding carboxylic acids is 2. The molecule has 2 aromatic carbocycles. The number of halogens is 1. The molecule has 39 heavy (non-hydrogen) atoms. The number of rotatable bonds is 8. The van der Waals surface area contributed by atoms with Gasteiger partial charge in [-0.1, -0.05) is 36.4 Å². The summed E-state index contributed by atoms with van der Waals surface area (Å²) in [6.45, 7) is -0.0183. The van der Waals surface area contributed by atoms with Crippen LogP contribution >= 0.6 is 0 Å². The van der Waals surface area contributed by atoms with Gasteiger partial charge in [-0.3, -0.25) is 9.59 Å². The number of alkyl halides is 1. The molecule has 0 spiro atoms. The van der Waals surface area contributed by atoms with Crippen LogP contribution in [0.15, 0.2) is 54.6 Å². The predicted molar refractivity (Wildman–Crippen MR) is 147 cm³/mol. The van der Waals surface area contributed by atoms with Crippen LogP contribution in [0.2, 0.25) is 0 Å². The molecule has 2 fully saturated rings. The van der Waals surface area contributed by atoms with Crippen LogP contribution in [-0.4, -0.2) is 57.5 Å². The number of carbonyl (C=O) groups is 3. The largest absolute Gasteiger partial charge is 0.477 e. The third-order valence-corrected chi connectivity index (χ3v) is 8.85. The lowest BCUT2D eigenvalue weighted by molar-refractivity contribution is -0.142. The maximum absolute atomic E-state index is 13.9. The van der Waals surface area contributed by atoms with E-state index in [-0.39, 0.29) is 41.6 Å². The summed E-state index contributed by atoms with van der Waals surface area (Å²) < 4.78 is 14.7. The van der Waals surface area contributed by atoms with E-state index in [1.54, 1.807) is 22.6 Å². The Labute approximate surface area is 227 Å². The van der Waals surface area contributed by atoms with Gasteiger partial charge in [0.15, 0.2) is 5.78 Å². The van der Waals surface area contributed by atoms with Crippen LogP contribution in [0.4, 0.5) is 4.39 Å². The van der Waals surface area contributed by atoms with E-state index in [4.69, 9.17) is 5.73 Å². The summed E-state index contributed by atoms with van der Waals surface area (Å²) in [6, 6.07) is 16.1. The number of aromatic carboxylic acids is 1. The molecule has 3 aromatic rings. The summed E-state index contributed by atoms with van der Waals surface area (Å²) in [5.41, 5.74) is 8.74. The second kappa shape index (κ2) is 11.3. The Morgan fingerprint density at radius 1 is 1.03 bits per heavy atom. The van der Waals surface area contributed by atoms with Gasteiger partial charge in [0.05, 0.1) is 6.04 Å². The van der Waals surface area contributed by atoms with Crippen molar-refractivity contribution in [2.24, 2.45) is 24.6 Å². The average Bonchev–Trinajstić information content (AvgIpc) is 3.54. The fourth-order valence-electron chi connectivity index (χ4n) is 6.66. The van der Waals surface area contributed by atoms with Crippen LogP contribution in [0.25, 0.3) is 10.9 Å². The SMILES string of the molecule is Cn1c(C(=O)O)cc2cc(CC(=O)[C@@H]3[C@@H](c4ccccc4)CCN3C(=O)C3CCC(C(N)CF)CC3)ccc21. The number of likely N-dealkylation sites (tertiary alicyclic amines) is 1. The molecule has 5 rings (SSSR count). The maximum atomic E-state index is 13.9. The number of aromatic nitrogens is 1. The normalized spacial score (nSPS) is 24.1. The molecule has 2 heterocycles. The summed E-state index contributed by atoms with van der Waals surface area (Å²) in [6.07, 6.45) is 3.66. The van der Waals surface area contributed by atoms with E-state index in [9.17, 15) is 23.9 Å². The van der Waals surface area contributed by atoms with Gasteiger partial charge in [-0.15, -0.1) is 0 Å². The zero-order chi connectivity index (χ0) is 27.7. The van der Waals surface area contributed by atoms with Crippen molar-refractivity contribution in [2.75, 3.05) is 13.2 Å². The third-order valence-electron chi connectivity index (χ3n) is 8.85.